The molecule has 0 saturated carbocycles. The van der Waals surface area contributed by atoms with Crippen LogP contribution in [-0.2, 0) is 0 Å². The summed E-state index contributed by atoms with van der Waals surface area (Å²) >= 11 is 0. The Hall–Kier alpha value is -0.500. The molecule has 0 unspecified atom stereocenters. The second-order valence-electron chi connectivity index (χ2n) is 2.12. The topological polar surface area (TPSA) is 24.1 Å². The van der Waals surface area contributed by atoms with Gasteiger partial charge in [0.15, 0.2) is 0 Å². The highest BCUT2D eigenvalue weighted by Crippen LogP contribution is 1.84. The van der Waals surface area contributed by atoms with Crippen LogP contribution in [0.5, 0.6) is 0 Å². The average Bonchev–Trinajstić information content (AvgIpc) is 1.66. The van der Waals surface area contributed by atoms with Gasteiger partial charge in [-0.3, -0.25) is 0 Å². The maximum atomic E-state index is 3.48. The van der Waals surface area contributed by atoms with Crippen molar-refractivity contribution in [3.8, 4) is 0 Å². The van der Waals surface area contributed by atoms with Crippen LogP contribution in [0.2, 0.25) is 0 Å². The zero-order chi connectivity index (χ0) is 6.41. The molecule has 0 rings (SSSR count). The molecule has 0 heterocycles. The normalized spacial score (nSPS) is 9.38. The van der Waals surface area contributed by atoms with E-state index in [1.54, 1.807) is 6.20 Å². The Kier molecular flexibility index (Phi) is 4.36. The average molecular weight is 114 g/mol. The molecule has 0 aliphatic carbocycles. The smallest absolute Gasteiger partial charge is 0.0170 e. The highest BCUT2D eigenvalue weighted by atomic mass is 15.3. The van der Waals surface area contributed by atoms with Gasteiger partial charge in [-0.15, -0.1) is 0 Å². The molecule has 0 atom stereocenters. The minimum Gasteiger partial charge on any atom is -0.329 e. The van der Waals surface area contributed by atoms with Crippen LogP contribution in [0.3, 0.4) is 0 Å². The molecule has 0 aromatic carbocycles. The summed E-state index contributed by atoms with van der Waals surface area (Å²) in [5.74, 6) is 0.683. The van der Waals surface area contributed by atoms with Gasteiger partial charge in [0.05, 0.1) is 0 Å². The fraction of sp³-hybridized carbons (Fsp3) is 0.667. The van der Waals surface area contributed by atoms with E-state index in [-0.39, 0.29) is 0 Å². The Balaban J connectivity index is 2.81. The summed E-state index contributed by atoms with van der Waals surface area (Å²) in [7, 11) is 0. The fourth-order valence-corrected chi connectivity index (χ4v) is 0.335. The number of hydrogen-bond acceptors (Lipinski definition) is 2. The quantitative estimate of drug-likeness (QED) is 0.419. The maximum absolute atomic E-state index is 3.48. The van der Waals surface area contributed by atoms with E-state index in [9.17, 15) is 0 Å². The first-order valence-electron chi connectivity index (χ1n) is 2.86. The molecule has 0 fully saturated rings. The molecule has 48 valence electrons. The largest absolute Gasteiger partial charge is 0.329 e. The maximum Gasteiger partial charge on any atom is 0.0170 e. The predicted octanol–water partition coefficient (Wildman–Crippen LogP) is 0.880. The Bertz CT molecular complexity index is 59.5. The Labute approximate surface area is 50.9 Å². The molecule has 0 aliphatic rings. The van der Waals surface area contributed by atoms with E-state index in [1.807, 2.05) is 0 Å². The molecule has 8 heavy (non-hydrogen) atoms. The van der Waals surface area contributed by atoms with Gasteiger partial charge in [-0.05, 0) is 5.92 Å². The Morgan fingerprint density at radius 3 is 2.62 bits per heavy atom. The van der Waals surface area contributed by atoms with Gasteiger partial charge < -0.3 is 5.43 Å². The van der Waals surface area contributed by atoms with E-state index in [1.165, 1.54) is 0 Å². The molecular weight excluding hydrogens is 100 g/mol. The van der Waals surface area contributed by atoms with Crippen LogP contribution in [-0.4, -0.2) is 6.54 Å². The first kappa shape index (κ1) is 7.50. The molecule has 0 aliphatic heterocycles. The van der Waals surface area contributed by atoms with Gasteiger partial charge in [0.2, 0.25) is 0 Å². The molecule has 0 spiro atoms. The van der Waals surface area contributed by atoms with Gasteiger partial charge in [-0.2, -0.15) is 0 Å². The summed E-state index contributed by atoms with van der Waals surface area (Å²) in [5, 5.41) is 0. The number of rotatable bonds is 4. The van der Waals surface area contributed by atoms with Crippen molar-refractivity contribution in [1.29, 1.82) is 0 Å². The first-order chi connectivity index (χ1) is 3.77. The second-order valence-corrected chi connectivity index (χ2v) is 2.12. The summed E-state index contributed by atoms with van der Waals surface area (Å²) in [5.41, 5.74) is 5.76. The zero-order valence-electron chi connectivity index (χ0n) is 5.57. The van der Waals surface area contributed by atoms with Crippen LogP contribution in [0, 0.1) is 5.92 Å². The van der Waals surface area contributed by atoms with Crippen LogP contribution in [0.4, 0.5) is 0 Å². The van der Waals surface area contributed by atoms with Gasteiger partial charge in [-0.25, -0.2) is 5.43 Å². The number of hydrazine groups is 1. The van der Waals surface area contributed by atoms with Crippen LogP contribution < -0.4 is 10.9 Å². The zero-order valence-corrected chi connectivity index (χ0v) is 5.57. The lowest BCUT2D eigenvalue weighted by Crippen LogP contribution is -2.29. The van der Waals surface area contributed by atoms with Crippen LogP contribution >= 0.6 is 0 Å². The van der Waals surface area contributed by atoms with Gasteiger partial charge in [-0.1, -0.05) is 20.4 Å². The van der Waals surface area contributed by atoms with Gasteiger partial charge in [0.25, 0.3) is 0 Å². The summed E-state index contributed by atoms with van der Waals surface area (Å²) in [6.45, 7) is 8.76. The van der Waals surface area contributed by atoms with Crippen LogP contribution in [0.1, 0.15) is 13.8 Å². The van der Waals surface area contributed by atoms with E-state index in [4.69, 9.17) is 0 Å². The second kappa shape index (κ2) is 4.65. The van der Waals surface area contributed by atoms with Gasteiger partial charge >= 0.3 is 0 Å². The first-order valence-corrected chi connectivity index (χ1v) is 2.86. The van der Waals surface area contributed by atoms with Crippen molar-refractivity contribution in [2.24, 2.45) is 5.92 Å². The summed E-state index contributed by atoms with van der Waals surface area (Å²) < 4.78 is 0. The van der Waals surface area contributed by atoms with Crippen molar-refractivity contribution < 1.29 is 0 Å². The van der Waals surface area contributed by atoms with Crippen molar-refractivity contribution >= 4 is 0 Å². The van der Waals surface area contributed by atoms with Crippen molar-refractivity contribution in [2.75, 3.05) is 6.54 Å². The van der Waals surface area contributed by atoms with Crippen molar-refractivity contribution in [3.05, 3.63) is 12.8 Å². The Morgan fingerprint density at radius 2 is 2.25 bits per heavy atom. The van der Waals surface area contributed by atoms with E-state index in [0.29, 0.717) is 5.92 Å². The highest BCUT2D eigenvalue weighted by molar-refractivity contribution is 4.58. The molecule has 2 heteroatoms. The third kappa shape index (κ3) is 5.50. The SMILES string of the molecule is C=CNNCC(C)C. The highest BCUT2D eigenvalue weighted by Gasteiger charge is 1.87. The van der Waals surface area contributed by atoms with Crippen molar-refractivity contribution in [2.45, 2.75) is 13.8 Å². The van der Waals surface area contributed by atoms with E-state index >= 15 is 0 Å². The Morgan fingerprint density at radius 1 is 1.62 bits per heavy atom. The molecule has 2 nitrogen and oxygen atoms in total. The third-order valence-corrected chi connectivity index (χ3v) is 0.714. The minimum absolute atomic E-state index is 0.683. The van der Waals surface area contributed by atoms with E-state index in [0.717, 1.165) is 6.54 Å². The van der Waals surface area contributed by atoms with Crippen LogP contribution in [0.25, 0.3) is 0 Å². The molecule has 0 saturated heterocycles. The summed E-state index contributed by atoms with van der Waals surface area (Å²) in [6.07, 6.45) is 1.63. The molecule has 0 bridgehead atoms. The molecule has 0 amide bonds. The molecule has 0 aromatic heterocycles. The van der Waals surface area contributed by atoms with Gasteiger partial charge in [0.1, 0.15) is 0 Å². The lowest BCUT2D eigenvalue weighted by atomic mass is 10.2. The molecule has 2 N–H and O–H groups in total. The van der Waals surface area contributed by atoms with Crippen molar-refractivity contribution in [3.63, 3.8) is 0 Å². The fourth-order valence-electron chi connectivity index (χ4n) is 0.335. The van der Waals surface area contributed by atoms with Crippen LogP contribution in [0.15, 0.2) is 12.8 Å². The van der Waals surface area contributed by atoms with E-state index < -0.39 is 0 Å². The standard InChI is InChI=1S/C6H14N2/c1-4-7-8-5-6(2)3/h4,6-8H,1,5H2,2-3H3. The lowest BCUT2D eigenvalue weighted by Gasteiger charge is -2.04. The third-order valence-electron chi connectivity index (χ3n) is 0.714. The summed E-state index contributed by atoms with van der Waals surface area (Å²) in [4.78, 5) is 0. The summed E-state index contributed by atoms with van der Waals surface area (Å²) in [6, 6.07) is 0. The van der Waals surface area contributed by atoms with Crippen molar-refractivity contribution in [1.82, 2.24) is 10.9 Å². The molecular formula is C6H14N2. The lowest BCUT2D eigenvalue weighted by molar-refractivity contribution is 0.520. The monoisotopic (exact) mass is 114 g/mol. The molecule has 0 aromatic rings. The molecule has 0 radical (unpaired) electrons. The van der Waals surface area contributed by atoms with Gasteiger partial charge in [0, 0.05) is 12.7 Å². The number of hydrogen-bond donors (Lipinski definition) is 2. The minimum atomic E-state index is 0.683. The number of nitrogens with one attached hydrogen (secondary N) is 2. The predicted molar refractivity (Wildman–Crippen MR) is 36.2 cm³/mol. The van der Waals surface area contributed by atoms with E-state index in [2.05, 4.69) is 31.3 Å².